The molecule has 0 aliphatic carbocycles. The molecule has 0 atom stereocenters. The summed E-state index contributed by atoms with van der Waals surface area (Å²) < 4.78 is 4.48. The minimum absolute atomic E-state index is 0.417. The van der Waals surface area contributed by atoms with E-state index >= 15 is 0 Å². The highest BCUT2D eigenvalue weighted by atomic mass is 16.6. The van der Waals surface area contributed by atoms with Gasteiger partial charge in [-0.25, -0.2) is 5.11 Å². The summed E-state index contributed by atoms with van der Waals surface area (Å²) >= 11 is 0. The molecule has 42 valence electrons. The lowest BCUT2D eigenvalue weighted by molar-refractivity contribution is -0.0440. The molecular weight excluding hydrogens is 92.1 g/mol. The Morgan fingerprint density at radius 2 is 2.29 bits per heavy atom. The summed E-state index contributed by atoms with van der Waals surface area (Å²) in [4.78, 5) is 0. The van der Waals surface area contributed by atoms with Crippen LogP contribution in [0, 0.1) is 6.92 Å². The van der Waals surface area contributed by atoms with Crippen molar-refractivity contribution >= 4 is 0 Å². The van der Waals surface area contributed by atoms with Crippen molar-refractivity contribution in [3.63, 3.8) is 0 Å². The van der Waals surface area contributed by atoms with Crippen LogP contribution in [0.4, 0.5) is 0 Å². The maximum absolute atomic E-state index is 9.56. The van der Waals surface area contributed by atoms with E-state index in [-0.39, 0.29) is 0 Å². The van der Waals surface area contributed by atoms with E-state index in [0.29, 0.717) is 6.61 Å². The van der Waals surface area contributed by atoms with Crippen LogP contribution in [0.1, 0.15) is 12.8 Å². The largest absolute Gasteiger partial charge is 0.352 e. The van der Waals surface area contributed by atoms with E-state index in [1.54, 1.807) is 0 Å². The lowest BCUT2D eigenvalue weighted by Gasteiger charge is -1.92. The van der Waals surface area contributed by atoms with E-state index in [4.69, 9.17) is 0 Å². The average Bonchev–Trinajstić information content (AvgIpc) is 1.69. The molecule has 0 aliphatic heterocycles. The summed E-state index contributed by atoms with van der Waals surface area (Å²) in [5.74, 6) is 0. The van der Waals surface area contributed by atoms with Crippen molar-refractivity contribution in [1.82, 2.24) is 0 Å². The van der Waals surface area contributed by atoms with E-state index < -0.39 is 6.79 Å². The molecule has 0 aromatic heterocycles. The predicted octanol–water partition coefficient (Wildman–Crippen LogP) is 1.01. The molecule has 0 unspecified atom stereocenters. The summed E-state index contributed by atoms with van der Waals surface area (Å²) in [5, 5.41) is 9.56. The molecule has 0 rings (SSSR count). The van der Waals surface area contributed by atoms with Gasteiger partial charge in [0.25, 0.3) is 0 Å². The zero-order chi connectivity index (χ0) is 5.54. The summed E-state index contributed by atoms with van der Waals surface area (Å²) in [5.41, 5.74) is 0. The molecule has 2 radical (unpaired) electrons. The molecular formula is C5H10O2. The van der Waals surface area contributed by atoms with Crippen molar-refractivity contribution in [1.29, 1.82) is 0 Å². The molecule has 2 heteroatoms. The van der Waals surface area contributed by atoms with Gasteiger partial charge in [0.15, 0.2) is 6.79 Å². The van der Waals surface area contributed by atoms with Crippen LogP contribution in [0.2, 0.25) is 0 Å². The van der Waals surface area contributed by atoms with Gasteiger partial charge >= 0.3 is 0 Å². The van der Waals surface area contributed by atoms with Gasteiger partial charge in [0.1, 0.15) is 0 Å². The first-order chi connectivity index (χ1) is 3.41. The summed E-state index contributed by atoms with van der Waals surface area (Å²) in [7, 11) is 0. The second-order valence-corrected chi connectivity index (χ2v) is 1.23. The van der Waals surface area contributed by atoms with E-state index in [1.807, 2.05) is 0 Å². The van der Waals surface area contributed by atoms with Crippen molar-refractivity contribution in [2.75, 3.05) is 13.4 Å². The SMILES string of the molecule is [CH2]CCCOC[O]. The third-order valence-electron chi connectivity index (χ3n) is 0.622. The molecule has 0 aliphatic rings. The Morgan fingerprint density at radius 3 is 2.71 bits per heavy atom. The molecule has 0 bridgehead atoms. The van der Waals surface area contributed by atoms with E-state index in [9.17, 15) is 5.11 Å². The fourth-order valence-corrected chi connectivity index (χ4v) is 0.263. The molecule has 0 fully saturated rings. The Hall–Kier alpha value is -0.0800. The summed E-state index contributed by atoms with van der Waals surface area (Å²) in [6.45, 7) is 3.72. The van der Waals surface area contributed by atoms with Crippen LogP contribution in [0.25, 0.3) is 0 Å². The summed E-state index contributed by atoms with van der Waals surface area (Å²) in [6, 6.07) is 0. The van der Waals surface area contributed by atoms with Crippen LogP contribution in [0.3, 0.4) is 0 Å². The van der Waals surface area contributed by atoms with Crippen LogP contribution in [0.15, 0.2) is 0 Å². The van der Waals surface area contributed by atoms with E-state index in [0.717, 1.165) is 12.8 Å². The molecule has 7 heavy (non-hydrogen) atoms. The normalized spacial score (nSPS) is 9.43. The lowest BCUT2D eigenvalue weighted by Crippen LogP contribution is -1.92. The van der Waals surface area contributed by atoms with Gasteiger partial charge in [0.05, 0.1) is 0 Å². The molecule has 0 aromatic carbocycles. The highest BCUT2D eigenvalue weighted by Crippen LogP contribution is 1.84. The number of hydrogen-bond donors (Lipinski definition) is 0. The van der Waals surface area contributed by atoms with Gasteiger partial charge in [-0.15, -0.1) is 0 Å². The number of rotatable bonds is 4. The van der Waals surface area contributed by atoms with Crippen LogP contribution < -0.4 is 0 Å². The van der Waals surface area contributed by atoms with Crippen LogP contribution in [-0.4, -0.2) is 13.4 Å². The lowest BCUT2D eigenvalue weighted by atomic mass is 10.4. The second-order valence-electron chi connectivity index (χ2n) is 1.23. The fraction of sp³-hybridized carbons (Fsp3) is 0.800. The number of ether oxygens (including phenoxy) is 1. The molecule has 0 spiro atoms. The number of unbranched alkanes of at least 4 members (excludes halogenated alkanes) is 1. The van der Waals surface area contributed by atoms with Crippen molar-refractivity contribution in [3.05, 3.63) is 6.92 Å². The molecule has 0 heterocycles. The highest BCUT2D eigenvalue weighted by Gasteiger charge is 1.80. The Morgan fingerprint density at radius 1 is 1.57 bits per heavy atom. The molecule has 0 N–H and O–H groups in total. The minimum Gasteiger partial charge on any atom is -0.352 e. The fourth-order valence-electron chi connectivity index (χ4n) is 0.263. The van der Waals surface area contributed by atoms with Gasteiger partial charge in [-0.05, 0) is 6.42 Å². The van der Waals surface area contributed by atoms with Gasteiger partial charge in [-0.3, -0.25) is 0 Å². The Balaban J connectivity index is 2.45. The quantitative estimate of drug-likeness (QED) is 0.384. The first-order valence-corrected chi connectivity index (χ1v) is 2.37. The minimum atomic E-state index is -0.417. The van der Waals surface area contributed by atoms with Crippen LogP contribution in [0.5, 0.6) is 0 Å². The van der Waals surface area contributed by atoms with Crippen molar-refractivity contribution in [2.24, 2.45) is 0 Å². The average molecular weight is 102 g/mol. The van der Waals surface area contributed by atoms with Gasteiger partial charge in [0.2, 0.25) is 0 Å². The molecule has 0 amide bonds. The van der Waals surface area contributed by atoms with Gasteiger partial charge < -0.3 is 4.74 Å². The predicted molar refractivity (Wildman–Crippen MR) is 26.1 cm³/mol. The topological polar surface area (TPSA) is 29.1 Å². The highest BCUT2D eigenvalue weighted by molar-refractivity contribution is 4.36. The Kier molecular flexibility index (Phi) is 5.85. The van der Waals surface area contributed by atoms with Crippen molar-refractivity contribution < 1.29 is 9.84 Å². The second kappa shape index (κ2) is 5.92. The maximum Gasteiger partial charge on any atom is 0.180 e. The number of hydrogen-bond acceptors (Lipinski definition) is 1. The van der Waals surface area contributed by atoms with Gasteiger partial charge in [0, 0.05) is 6.61 Å². The smallest absolute Gasteiger partial charge is 0.180 e. The zero-order valence-electron chi connectivity index (χ0n) is 4.35. The van der Waals surface area contributed by atoms with Gasteiger partial charge in [-0.2, -0.15) is 0 Å². The van der Waals surface area contributed by atoms with E-state index in [1.165, 1.54) is 0 Å². The van der Waals surface area contributed by atoms with E-state index in [2.05, 4.69) is 11.7 Å². The first-order valence-electron chi connectivity index (χ1n) is 2.37. The summed E-state index contributed by atoms with van der Waals surface area (Å²) in [6.07, 6.45) is 1.74. The standard InChI is InChI=1S/C5H10O2/c1-2-3-4-7-5-6/h1-5H2. The Bertz CT molecular complexity index is 25.3. The first kappa shape index (κ1) is 6.92. The van der Waals surface area contributed by atoms with Crippen LogP contribution >= 0.6 is 0 Å². The molecule has 0 saturated heterocycles. The molecule has 0 saturated carbocycles. The van der Waals surface area contributed by atoms with Crippen molar-refractivity contribution in [2.45, 2.75) is 12.8 Å². The molecule has 0 aromatic rings. The van der Waals surface area contributed by atoms with Crippen molar-refractivity contribution in [3.8, 4) is 0 Å². The van der Waals surface area contributed by atoms with Gasteiger partial charge in [-0.1, -0.05) is 13.3 Å². The van der Waals surface area contributed by atoms with Crippen LogP contribution in [-0.2, 0) is 9.84 Å². The third kappa shape index (κ3) is 5.92. The Labute approximate surface area is 44.1 Å². The zero-order valence-corrected chi connectivity index (χ0v) is 4.35. The maximum atomic E-state index is 9.56. The monoisotopic (exact) mass is 102 g/mol. The molecule has 2 nitrogen and oxygen atoms in total. The third-order valence-corrected chi connectivity index (χ3v) is 0.622.